The van der Waals surface area contributed by atoms with E-state index in [4.69, 9.17) is 24.7 Å². The molecule has 1 aliphatic heterocycles. The highest BCUT2D eigenvalue weighted by atomic mass is 16.6. The van der Waals surface area contributed by atoms with Crippen molar-refractivity contribution >= 4 is 11.8 Å². The predicted octanol–water partition coefficient (Wildman–Crippen LogP) is 3.35. The molecule has 0 saturated carbocycles. The number of benzene rings is 1. The highest BCUT2D eigenvalue weighted by Crippen LogP contribution is 2.46. The fourth-order valence-corrected chi connectivity index (χ4v) is 3.74. The fourth-order valence-electron chi connectivity index (χ4n) is 3.74. The normalized spacial score (nSPS) is 18.7. The van der Waals surface area contributed by atoms with Crippen LogP contribution in [0, 0.1) is 0 Å². The third kappa shape index (κ3) is 4.67. The number of carbonyl (C=O) groups excluding carboxylic acids is 2. The molecule has 1 aromatic rings. The van der Waals surface area contributed by atoms with Crippen molar-refractivity contribution in [3.05, 3.63) is 52.6 Å². The highest BCUT2D eigenvalue weighted by Gasteiger charge is 2.42. The average molecular weight is 415 g/mol. The molecule has 7 heteroatoms. The maximum Gasteiger partial charge on any atom is 0.340 e. The van der Waals surface area contributed by atoms with Crippen molar-refractivity contribution in [1.82, 2.24) is 0 Å². The van der Waals surface area contributed by atoms with Crippen LogP contribution in [-0.2, 0) is 23.8 Å². The first-order valence-electron chi connectivity index (χ1n) is 10.4. The van der Waals surface area contributed by atoms with Crippen molar-refractivity contribution < 1.29 is 28.5 Å². The van der Waals surface area contributed by atoms with E-state index < -0.39 is 11.9 Å². The molecule has 0 unspecified atom stereocenters. The number of rotatable bonds is 9. The standard InChI is InChI=1S/C23H29NO6/c1-3-4-12-28-17-10-6-5-8-15(17)19-20-16(25)9-7-11-18(20)30-22(24)21(19)23(26)29-14-13-27-2/h5-6,8,10,19H,3-4,7,9,11-14,24H2,1-2H3/t19-/m1/s1. The van der Waals surface area contributed by atoms with E-state index in [0.717, 1.165) is 12.8 Å². The van der Waals surface area contributed by atoms with Crippen molar-refractivity contribution in [3.63, 3.8) is 0 Å². The molecule has 0 fully saturated rings. The van der Waals surface area contributed by atoms with Gasteiger partial charge in [-0.3, -0.25) is 4.79 Å². The quantitative estimate of drug-likeness (QED) is 0.488. The lowest BCUT2D eigenvalue weighted by molar-refractivity contribution is -0.140. The summed E-state index contributed by atoms with van der Waals surface area (Å²) in [5, 5.41) is 0. The van der Waals surface area contributed by atoms with Gasteiger partial charge in [0, 0.05) is 31.1 Å². The minimum atomic E-state index is -0.686. The Morgan fingerprint density at radius 2 is 2.00 bits per heavy atom. The second kappa shape index (κ2) is 10.3. The van der Waals surface area contributed by atoms with Crippen molar-refractivity contribution in [3.8, 4) is 5.75 Å². The Morgan fingerprint density at radius 1 is 1.20 bits per heavy atom. The zero-order valence-corrected chi connectivity index (χ0v) is 17.6. The van der Waals surface area contributed by atoms with Gasteiger partial charge >= 0.3 is 5.97 Å². The summed E-state index contributed by atoms with van der Waals surface area (Å²) in [4.78, 5) is 25.9. The number of para-hydroxylation sites is 1. The van der Waals surface area contributed by atoms with Crippen LogP contribution in [0.25, 0.3) is 0 Å². The predicted molar refractivity (Wildman–Crippen MR) is 111 cm³/mol. The first kappa shape index (κ1) is 21.9. The molecule has 0 saturated heterocycles. The average Bonchev–Trinajstić information content (AvgIpc) is 2.73. The molecule has 7 nitrogen and oxygen atoms in total. The smallest absolute Gasteiger partial charge is 0.340 e. The number of methoxy groups -OCH3 is 1. The summed E-state index contributed by atoms with van der Waals surface area (Å²) >= 11 is 0. The number of unbranched alkanes of at least 4 members (excludes halogenated alkanes) is 1. The van der Waals surface area contributed by atoms with Gasteiger partial charge in [0.05, 0.1) is 19.1 Å². The molecule has 30 heavy (non-hydrogen) atoms. The molecule has 0 amide bonds. The van der Waals surface area contributed by atoms with Crippen LogP contribution in [0.1, 0.15) is 50.5 Å². The number of ketones is 1. The summed E-state index contributed by atoms with van der Waals surface area (Å²) in [6.07, 6.45) is 3.60. The van der Waals surface area contributed by atoms with Crippen LogP contribution in [-0.4, -0.2) is 38.7 Å². The van der Waals surface area contributed by atoms with Gasteiger partial charge < -0.3 is 24.7 Å². The Balaban J connectivity index is 2.05. The first-order chi connectivity index (χ1) is 14.6. The van der Waals surface area contributed by atoms with E-state index in [1.807, 2.05) is 24.3 Å². The topological polar surface area (TPSA) is 97.1 Å². The van der Waals surface area contributed by atoms with Gasteiger partial charge in [-0.2, -0.15) is 0 Å². The van der Waals surface area contributed by atoms with Gasteiger partial charge in [-0.25, -0.2) is 4.79 Å². The van der Waals surface area contributed by atoms with Gasteiger partial charge in [0.15, 0.2) is 5.78 Å². The minimum Gasteiger partial charge on any atom is -0.493 e. The lowest BCUT2D eigenvalue weighted by atomic mass is 9.77. The second-order valence-corrected chi connectivity index (χ2v) is 7.30. The number of hydrogen-bond donors (Lipinski definition) is 1. The summed E-state index contributed by atoms with van der Waals surface area (Å²) in [7, 11) is 1.52. The summed E-state index contributed by atoms with van der Waals surface area (Å²) < 4.78 is 22.0. The summed E-state index contributed by atoms with van der Waals surface area (Å²) in [6, 6.07) is 7.43. The van der Waals surface area contributed by atoms with Crippen LogP contribution in [0.3, 0.4) is 0 Å². The summed E-state index contributed by atoms with van der Waals surface area (Å²) in [5.74, 6) is -0.223. The second-order valence-electron chi connectivity index (χ2n) is 7.30. The number of Topliss-reactive ketones (excluding diaryl/α,β-unsaturated/α-hetero) is 1. The number of esters is 1. The maximum atomic E-state index is 12.9. The molecule has 0 radical (unpaired) electrons. The maximum absolute atomic E-state index is 12.9. The molecule has 162 valence electrons. The van der Waals surface area contributed by atoms with E-state index in [2.05, 4.69) is 6.92 Å². The summed E-state index contributed by atoms with van der Waals surface area (Å²) in [5.41, 5.74) is 7.49. The number of nitrogens with two attached hydrogens (primary N) is 1. The van der Waals surface area contributed by atoms with E-state index in [-0.39, 0.29) is 30.5 Å². The lowest BCUT2D eigenvalue weighted by Crippen LogP contribution is -2.32. The van der Waals surface area contributed by atoms with Gasteiger partial charge in [0.1, 0.15) is 23.7 Å². The van der Waals surface area contributed by atoms with Crippen LogP contribution in [0.4, 0.5) is 0 Å². The molecule has 0 bridgehead atoms. The molecule has 2 N–H and O–H groups in total. The van der Waals surface area contributed by atoms with E-state index in [9.17, 15) is 9.59 Å². The van der Waals surface area contributed by atoms with Crippen molar-refractivity contribution in [2.45, 2.75) is 44.9 Å². The fraction of sp³-hybridized carbons (Fsp3) is 0.478. The Bertz CT molecular complexity index is 857. The van der Waals surface area contributed by atoms with Crippen molar-refractivity contribution in [2.24, 2.45) is 5.73 Å². The molecular weight excluding hydrogens is 386 g/mol. The highest BCUT2D eigenvalue weighted by molar-refractivity contribution is 6.03. The lowest BCUT2D eigenvalue weighted by Gasteiger charge is -2.33. The molecule has 1 aromatic carbocycles. The van der Waals surface area contributed by atoms with Gasteiger partial charge in [0.2, 0.25) is 5.88 Å². The van der Waals surface area contributed by atoms with E-state index >= 15 is 0 Å². The number of carbonyl (C=O) groups is 2. The van der Waals surface area contributed by atoms with E-state index in [1.165, 1.54) is 7.11 Å². The molecule has 0 spiro atoms. The molecule has 1 aliphatic carbocycles. The SMILES string of the molecule is CCCCOc1ccccc1[C@H]1C(C(=O)OCCOC)=C(N)OC2=C1C(=O)CCC2. The molecule has 1 heterocycles. The van der Waals surface area contributed by atoms with Crippen LogP contribution < -0.4 is 10.5 Å². The van der Waals surface area contributed by atoms with Gasteiger partial charge in [0.25, 0.3) is 0 Å². The van der Waals surface area contributed by atoms with Crippen molar-refractivity contribution in [1.29, 1.82) is 0 Å². The summed E-state index contributed by atoms with van der Waals surface area (Å²) in [6.45, 7) is 2.97. The zero-order chi connectivity index (χ0) is 21.5. The first-order valence-corrected chi connectivity index (χ1v) is 10.4. The Labute approximate surface area is 176 Å². The zero-order valence-electron chi connectivity index (χ0n) is 17.6. The monoisotopic (exact) mass is 415 g/mol. The number of allylic oxidation sites excluding steroid dienone is 2. The van der Waals surface area contributed by atoms with E-state index in [1.54, 1.807) is 0 Å². The molecule has 2 aliphatic rings. The Kier molecular flexibility index (Phi) is 7.52. The molecule has 3 rings (SSSR count). The van der Waals surface area contributed by atoms with Gasteiger partial charge in [-0.1, -0.05) is 31.5 Å². The number of ether oxygens (including phenoxy) is 4. The third-order valence-corrected chi connectivity index (χ3v) is 5.21. The number of hydrogen-bond acceptors (Lipinski definition) is 7. The third-order valence-electron chi connectivity index (χ3n) is 5.21. The Morgan fingerprint density at radius 3 is 2.77 bits per heavy atom. The largest absolute Gasteiger partial charge is 0.493 e. The van der Waals surface area contributed by atoms with Gasteiger partial charge in [-0.15, -0.1) is 0 Å². The minimum absolute atomic E-state index is 0.0285. The molecule has 0 aromatic heterocycles. The van der Waals surface area contributed by atoms with Crippen molar-refractivity contribution in [2.75, 3.05) is 26.9 Å². The molecule has 1 atom stereocenters. The molecular formula is C23H29NO6. The van der Waals surface area contributed by atoms with Crippen LogP contribution >= 0.6 is 0 Å². The van der Waals surface area contributed by atoms with Crippen LogP contribution in [0.15, 0.2) is 47.1 Å². The van der Waals surface area contributed by atoms with Crippen LogP contribution in [0.2, 0.25) is 0 Å². The van der Waals surface area contributed by atoms with Crippen LogP contribution in [0.5, 0.6) is 5.75 Å². The Hall–Kier alpha value is -2.80. The van der Waals surface area contributed by atoms with E-state index in [0.29, 0.717) is 48.5 Å². The van der Waals surface area contributed by atoms with Gasteiger partial charge in [-0.05, 0) is 18.9 Å².